The molecule has 1 rings (SSSR count). The number of halogens is 2. The molecule has 3 nitrogen and oxygen atoms in total. The number of nitrogens with one attached hydrogen (secondary N) is 1. The fourth-order valence-electron chi connectivity index (χ4n) is 1.57. The van der Waals surface area contributed by atoms with Crippen LogP contribution >= 0.6 is 27.5 Å². The highest BCUT2D eigenvalue weighted by molar-refractivity contribution is 9.09. The zero-order valence-corrected chi connectivity index (χ0v) is 12.8. The maximum absolute atomic E-state index is 12.0. The number of ether oxygens (including phenoxy) is 1. The predicted molar refractivity (Wildman–Crippen MR) is 78.0 cm³/mol. The van der Waals surface area contributed by atoms with Gasteiger partial charge in [-0.05, 0) is 24.6 Å². The first-order valence-corrected chi connectivity index (χ1v) is 7.13. The Bertz CT molecular complexity index is 412. The lowest BCUT2D eigenvalue weighted by molar-refractivity contribution is 0.0950. The molecule has 0 heterocycles. The van der Waals surface area contributed by atoms with Gasteiger partial charge >= 0.3 is 0 Å². The molecule has 0 spiro atoms. The number of benzene rings is 1. The molecule has 1 aromatic carbocycles. The number of hydrogen-bond donors (Lipinski definition) is 1. The molecule has 0 aliphatic rings. The van der Waals surface area contributed by atoms with E-state index in [9.17, 15) is 4.79 Å². The van der Waals surface area contributed by atoms with Crippen molar-refractivity contribution in [2.75, 3.05) is 13.7 Å². The van der Waals surface area contributed by atoms with Crippen molar-refractivity contribution in [1.82, 2.24) is 5.32 Å². The quantitative estimate of drug-likeness (QED) is 0.807. The van der Waals surface area contributed by atoms with Crippen molar-refractivity contribution in [2.45, 2.75) is 24.6 Å². The van der Waals surface area contributed by atoms with Crippen LogP contribution in [0.2, 0.25) is 5.02 Å². The molecular weight excluding hydrogens is 318 g/mol. The first kappa shape index (κ1) is 15.3. The number of hydrogen-bond acceptors (Lipinski definition) is 2. The van der Waals surface area contributed by atoms with Gasteiger partial charge in [-0.1, -0.05) is 40.9 Å². The van der Waals surface area contributed by atoms with Crippen LogP contribution in [0.3, 0.4) is 0 Å². The molecular formula is C13H17BrClNO2. The Morgan fingerprint density at radius 1 is 1.56 bits per heavy atom. The van der Waals surface area contributed by atoms with Gasteiger partial charge in [0.25, 0.3) is 5.91 Å². The van der Waals surface area contributed by atoms with Crippen molar-refractivity contribution >= 4 is 33.4 Å². The Labute approximate surface area is 121 Å². The molecule has 0 aliphatic carbocycles. The van der Waals surface area contributed by atoms with Gasteiger partial charge in [-0.2, -0.15) is 0 Å². The minimum Gasteiger partial charge on any atom is -0.496 e. The summed E-state index contributed by atoms with van der Waals surface area (Å²) in [5.41, 5.74) is 0.498. The third kappa shape index (κ3) is 4.50. The summed E-state index contributed by atoms with van der Waals surface area (Å²) in [4.78, 5) is 12.3. The number of rotatable bonds is 6. The van der Waals surface area contributed by atoms with Gasteiger partial charge < -0.3 is 10.1 Å². The van der Waals surface area contributed by atoms with Crippen LogP contribution in [0.5, 0.6) is 5.75 Å². The van der Waals surface area contributed by atoms with E-state index >= 15 is 0 Å². The van der Waals surface area contributed by atoms with Crippen molar-refractivity contribution in [3.8, 4) is 5.75 Å². The zero-order valence-electron chi connectivity index (χ0n) is 10.5. The highest BCUT2D eigenvalue weighted by Gasteiger charge is 2.13. The summed E-state index contributed by atoms with van der Waals surface area (Å²) in [5.74, 6) is 0.339. The van der Waals surface area contributed by atoms with Gasteiger partial charge in [0.05, 0.1) is 12.7 Å². The van der Waals surface area contributed by atoms with E-state index in [1.807, 2.05) is 0 Å². The molecule has 1 N–H and O–H groups in total. The molecule has 0 aliphatic heterocycles. The zero-order chi connectivity index (χ0) is 13.5. The Hall–Kier alpha value is -0.740. The number of carbonyl (C=O) groups is 1. The van der Waals surface area contributed by atoms with E-state index in [1.54, 1.807) is 18.2 Å². The average Bonchev–Trinajstić information content (AvgIpc) is 2.36. The first-order chi connectivity index (χ1) is 8.58. The Balaban J connectivity index is 2.66. The Morgan fingerprint density at radius 2 is 2.28 bits per heavy atom. The van der Waals surface area contributed by atoms with Gasteiger partial charge in [-0.3, -0.25) is 4.79 Å². The minimum absolute atomic E-state index is 0.149. The lowest BCUT2D eigenvalue weighted by atomic mass is 10.2. The summed E-state index contributed by atoms with van der Waals surface area (Å²) in [6.07, 6.45) is 2.11. The smallest absolute Gasteiger partial charge is 0.255 e. The average molecular weight is 335 g/mol. The van der Waals surface area contributed by atoms with Crippen LogP contribution < -0.4 is 10.1 Å². The van der Waals surface area contributed by atoms with Gasteiger partial charge in [-0.25, -0.2) is 0 Å². The van der Waals surface area contributed by atoms with Crippen LogP contribution in [0.4, 0.5) is 0 Å². The number of carbonyl (C=O) groups excluding carboxylic acids is 1. The number of amides is 1. The molecule has 0 saturated heterocycles. The van der Waals surface area contributed by atoms with Crippen LogP contribution in [0.15, 0.2) is 18.2 Å². The van der Waals surface area contributed by atoms with Gasteiger partial charge in [0.15, 0.2) is 0 Å². The van der Waals surface area contributed by atoms with E-state index in [2.05, 4.69) is 28.2 Å². The van der Waals surface area contributed by atoms with Crippen LogP contribution in [-0.4, -0.2) is 24.4 Å². The molecule has 0 aromatic heterocycles. The Morgan fingerprint density at radius 3 is 2.89 bits per heavy atom. The van der Waals surface area contributed by atoms with E-state index in [-0.39, 0.29) is 5.91 Å². The molecule has 0 bridgehead atoms. The summed E-state index contributed by atoms with van der Waals surface area (Å²) in [6, 6.07) is 4.98. The van der Waals surface area contributed by atoms with Crippen molar-refractivity contribution in [2.24, 2.45) is 0 Å². The Kier molecular flexibility index (Phi) is 6.50. The van der Waals surface area contributed by atoms with E-state index in [1.165, 1.54) is 7.11 Å². The topological polar surface area (TPSA) is 38.3 Å². The summed E-state index contributed by atoms with van der Waals surface area (Å²) in [5, 5.41) is 3.42. The molecule has 18 heavy (non-hydrogen) atoms. The number of alkyl halides is 1. The molecule has 0 radical (unpaired) electrons. The fourth-order valence-corrected chi connectivity index (χ4v) is 2.35. The highest BCUT2D eigenvalue weighted by atomic mass is 79.9. The first-order valence-electron chi connectivity index (χ1n) is 5.84. The summed E-state index contributed by atoms with van der Waals surface area (Å²) in [7, 11) is 1.52. The number of methoxy groups -OCH3 is 1. The lowest BCUT2D eigenvalue weighted by Gasteiger charge is -2.12. The standard InChI is InChI=1S/C13H17BrClNO2/c1-3-4-9(14)8-16-13(17)11-6-5-10(15)7-12(11)18-2/h5-7,9H,3-4,8H2,1-2H3,(H,16,17). The molecule has 100 valence electrons. The SMILES string of the molecule is CCCC(Br)CNC(=O)c1ccc(Cl)cc1OC. The van der Waals surface area contributed by atoms with E-state index in [0.29, 0.717) is 27.7 Å². The van der Waals surface area contributed by atoms with Crippen LogP contribution in [-0.2, 0) is 0 Å². The van der Waals surface area contributed by atoms with E-state index in [0.717, 1.165) is 12.8 Å². The van der Waals surface area contributed by atoms with Crippen molar-refractivity contribution < 1.29 is 9.53 Å². The molecule has 1 aromatic rings. The molecule has 0 saturated carbocycles. The molecule has 1 amide bonds. The third-order valence-electron chi connectivity index (χ3n) is 2.49. The summed E-state index contributed by atoms with van der Waals surface area (Å²) < 4.78 is 5.14. The predicted octanol–water partition coefficient (Wildman–Crippen LogP) is 3.64. The second kappa shape index (κ2) is 7.64. The van der Waals surface area contributed by atoms with Gasteiger partial charge in [-0.15, -0.1) is 0 Å². The van der Waals surface area contributed by atoms with Crippen LogP contribution in [0.25, 0.3) is 0 Å². The summed E-state index contributed by atoms with van der Waals surface area (Å²) >= 11 is 9.37. The van der Waals surface area contributed by atoms with Crippen LogP contribution in [0, 0.1) is 0 Å². The van der Waals surface area contributed by atoms with E-state index in [4.69, 9.17) is 16.3 Å². The second-order valence-electron chi connectivity index (χ2n) is 3.94. The summed E-state index contributed by atoms with van der Waals surface area (Å²) in [6.45, 7) is 2.71. The van der Waals surface area contributed by atoms with Gasteiger partial charge in [0.2, 0.25) is 0 Å². The fraction of sp³-hybridized carbons (Fsp3) is 0.462. The van der Waals surface area contributed by atoms with Crippen molar-refractivity contribution in [1.29, 1.82) is 0 Å². The molecule has 1 atom stereocenters. The van der Waals surface area contributed by atoms with Gasteiger partial charge in [0.1, 0.15) is 5.75 Å². The second-order valence-corrected chi connectivity index (χ2v) is 5.67. The van der Waals surface area contributed by atoms with Crippen molar-refractivity contribution in [3.05, 3.63) is 28.8 Å². The molecule has 1 unspecified atom stereocenters. The van der Waals surface area contributed by atoms with Crippen molar-refractivity contribution in [3.63, 3.8) is 0 Å². The van der Waals surface area contributed by atoms with Crippen LogP contribution in [0.1, 0.15) is 30.1 Å². The molecule has 0 fully saturated rings. The lowest BCUT2D eigenvalue weighted by Crippen LogP contribution is -2.29. The third-order valence-corrected chi connectivity index (χ3v) is 3.51. The van der Waals surface area contributed by atoms with Gasteiger partial charge in [0, 0.05) is 16.4 Å². The largest absolute Gasteiger partial charge is 0.496 e. The minimum atomic E-state index is -0.149. The normalized spacial score (nSPS) is 12.0. The monoisotopic (exact) mass is 333 g/mol. The maximum Gasteiger partial charge on any atom is 0.255 e. The molecule has 5 heteroatoms. The van der Waals surface area contributed by atoms with E-state index < -0.39 is 0 Å². The maximum atomic E-state index is 12.0. The highest BCUT2D eigenvalue weighted by Crippen LogP contribution is 2.23.